The lowest BCUT2D eigenvalue weighted by Gasteiger charge is -2.44. The Balaban J connectivity index is 1.69. The van der Waals surface area contributed by atoms with Crippen LogP contribution in [0.1, 0.15) is 33.4 Å². The lowest BCUT2D eigenvalue weighted by Crippen LogP contribution is -2.37. The Morgan fingerprint density at radius 1 is 0.435 bits per heavy atom. The van der Waals surface area contributed by atoms with Gasteiger partial charge in [0.2, 0.25) is 0 Å². The van der Waals surface area contributed by atoms with Crippen molar-refractivity contribution in [3.8, 4) is 33.8 Å². The Morgan fingerprint density at radius 3 is 1.26 bits per heavy atom. The van der Waals surface area contributed by atoms with Gasteiger partial charge in [-0.1, -0.05) is 133 Å². The monoisotopic (exact) mass is 604 g/mol. The molecule has 0 atom stereocenters. The maximum atomic E-state index is 9.80. The average molecular weight is 605 g/mol. The van der Waals surface area contributed by atoms with E-state index in [4.69, 9.17) is 9.47 Å². The van der Waals surface area contributed by atoms with Crippen LogP contribution in [-0.2, 0) is 11.8 Å². The zero-order chi connectivity index (χ0) is 31.3. The normalized spacial score (nSPS) is 13.0. The molecular formula is C42H36O4. The molecule has 7 rings (SSSR count). The van der Waals surface area contributed by atoms with Crippen molar-refractivity contribution in [3.63, 3.8) is 0 Å². The van der Waals surface area contributed by atoms with Gasteiger partial charge < -0.3 is 19.7 Å². The van der Waals surface area contributed by atoms with Gasteiger partial charge in [0.15, 0.2) is 0 Å². The standard InChI is InChI=1S/C42H36O4/c43-25-27-45-38-23-11-21-36(40(38)30-13-3-1-4-14-30)42(34-19-9-7-17-32(34)29-33-18-8-10-20-35(33)42)37-22-12-24-39(46-28-26-44)41(37)31-15-5-2-6-16-31/h1-24,43-44H,25-29H2. The summed E-state index contributed by atoms with van der Waals surface area (Å²) in [6.45, 7) is 0.196. The van der Waals surface area contributed by atoms with Crippen LogP contribution in [0.25, 0.3) is 22.3 Å². The summed E-state index contributed by atoms with van der Waals surface area (Å²) in [5.74, 6) is 1.43. The molecule has 1 aliphatic rings. The zero-order valence-corrected chi connectivity index (χ0v) is 25.6. The minimum atomic E-state index is -0.793. The van der Waals surface area contributed by atoms with Gasteiger partial charge in [-0.3, -0.25) is 0 Å². The second-order valence-electron chi connectivity index (χ2n) is 11.5. The van der Waals surface area contributed by atoms with Crippen LogP contribution in [-0.4, -0.2) is 36.6 Å². The quantitative estimate of drug-likeness (QED) is 0.166. The topological polar surface area (TPSA) is 58.9 Å². The van der Waals surface area contributed by atoms with E-state index in [1.54, 1.807) is 0 Å². The molecule has 6 aromatic rings. The fraction of sp³-hybridized carbons (Fsp3) is 0.143. The predicted octanol–water partition coefficient (Wildman–Crippen LogP) is 8.05. The number of ether oxygens (including phenoxy) is 2. The van der Waals surface area contributed by atoms with E-state index in [0.717, 1.165) is 39.8 Å². The maximum absolute atomic E-state index is 9.80. The molecule has 4 nitrogen and oxygen atoms in total. The van der Waals surface area contributed by atoms with Gasteiger partial charge in [-0.15, -0.1) is 0 Å². The molecule has 2 N–H and O–H groups in total. The van der Waals surface area contributed by atoms with E-state index in [9.17, 15) is 10.2 Å². The van der Waals surface area contributed by atoms with Crippen molar-refractivity contribution in [2.45, 2.75) is 11.8 Å². The zero-order valence-electron chi connectivity index (χ0n) is 25.6. The lowest BCUT2D eigenvalue weighted by molar-refractivity contribution is 0.201. The molecular weight excluding hydrogens is 568 g/mol. The van der Waals surface area contributed by atoms with Crippen LogP contribution < -0.4 is 9.47 Å². The molecule has 0 aromatic heterocycles. The molecule has 4 heteroatoms. The molecule has 0 fully saturated rings. The third-order valence-corrected chi connectivity index (χ3v) is 8.91. The molecule has 46 heavy (non-hydrogen) atoms. The molecule has 1 aliphatic carbocycles. The highest BCUT2D eigenvalue weighted by atomic mass is 16.5. The number of rotatable bonds is 10. The number of fused-ring (bicyclic) bond motifs is 2. The van der Waals surface area contributed by atoms with Gasteiger partial charge in [-0.2, -0.15) is 0 Å². The first-order valence-electron chi connectivity index (χ1n) is 15.8. The summed E-state index contributed by atoms with van der Waals surface area (Å²) in [6.07, 6.45) is 0.816. The minimum absolute atomic E-state index is 0.0857. The summed E-state index contributed by atoms with van der Waals surface area (Å²) in [7, 11) is 0. The van der Waals surface area contributed by atoms with Crippen LogP contribution >= 0.6 is 0 Å². The fourth-order valence-corrected chi connectivity index (χ4v) is 7.20. The molecule has 0 heterocycles. The summed E-state index contributed by atoms with van der Waals surface area (Å²) in [5, 5.41) is 19.6. The molecule has 0 spiro atoms. The number of hydrogen-bond donors (Lipinski definition) is 2. The van der Waals surface area contributed by atoms with Crippen molar-refractivity contribution in [1.29, 1.82) is 0 Å². The van der Waals surface area contributed by atoms with Crippen molar-refractivity contribution < 1.29 is 19.7 Å². The van der Waals surface area contributed by atoms with Gasteiger partial charge in [0, 0.05) is 11.1 Å². The fourth-order valence-electron chi connectivity index (χ4n) is 7.20. The number of hydrogen-bond acceptors (Lipinski definition) is 4. The van der Waals surface area contributed by atoms with Crippen molar-refractivity contribution in [2.75, 3.05) is 26.4 Å². The van der Waals surface area contributed by atoms with E-state index < -0.39 is 5.41 Å². The van der Waals surface area contributed by atoms with E-state index in [1.807, 2.05) is 24.3 Å². The van der Waals surface area contributed by atoms with Crippen LogP contribution in [0, 0.1) is 0 Å². The molecule has 0 aliphatic heterocycles. The van der Waals surface area contributed by atoms with Crippen LogP contribution in [0.5, 0.6) is 11.5 Å². The smallest absolute Gasteiger partial charge is 0.127 e. The number of benzene rings is 6. The molecule has 0 saturated heterocycles. The Bertz CT molecular complexity index is 1810. The summed E-state index contributed by atoms with van der Waals surface area (Å²) < 4.78 is 12.6. The van der Waals surface area contributed by atoms with Crippen molar-refractivity contribution >= 4 is 0 Å². The summed E-state index contributed by atoms with van der Waals surface area (Å²) in [4.78, 5) is 0. The molecule has 0 amide bonds. The van der Waals surface area contributed by atoms with Crippen LogP contribution in [0.3, 0.4) is 0 Å². The van der Waals surface area contributed by atoms with Crippen molar-refractivity contribution in [1.82, 2.24) is 0 Å². The van der Waals surface area contributed by atoms with E-state index in [-0.39, 0.29) is 26.4 Å². The van der Waals surface area contributed by atoms with Gasteiger partial charge >= 0.3 is 0 Å². The highest BCUT2D eigenvalue weighted by Gasteiger charge is 2.47. The maximum Gasteiger partial charge on any atom is 0.127 e. The van der Waals surface area contributed by atoms with Crippen molar-refractivity contribution in [2.24, 2.45) is 0 Å². The SMILES string of the molecule is OCCOc1cccc(C2(c3cccc(OCCO)c3-c3ccccc3)c3ccccc3Cc3ccccc32)c1-c1ccccc1. The second kappa shape index (κ2) is 13.1. The van der Waals surface area contributed by atoms with Crippen LogP contribution in [0.15, 0.2) is 146 Å². The van der Waals surface area contributed by atoms with Crippen LogP contribution in [0.4, 0.5) is 0 Å². The molecule has 0 radical (unpaired) electrons. The first-order chi connectivity index (χ1) is 22.8. The molecule has 6 aromatic carbocycles. The summed E-state index contributed by atoms with van der Waals surface area (Å²) in [6, 6.07) is 50.8. The third-order valence-electron chi connectivity index (χ3n) is 8.91. The predicted molar refractivity (Wildman–Crippen MR) is 184 cm³/mol. The van der Waals surface area contributed by atoms with Gasteiger partial charge in [0.05, 0.1) is 18.6 Å². The van der Waals surface area contributed by atoms with Gasteiger partial charge in [0.25, 0.3) is 0 Å². The molecule has 0 bridgehead atoms. The lowest BCUT2D eigenvalue weighted by atomic mass is 9.57. The summed E-state index contributed by atoms with van der Waals surface area (Å²) >= 11 is 0. The van der Waals surface area contributed by atoms with Gasteiger partial charge in [0.1, 0.15) is 24.7 Å². The highest BCUT2D eigenvalue weighted by Crippen LogP contribution is 2.57. The average Bonchev–Trinajstić information content (AvgIpc) is 3.12. The largest absolute Gasteiger partial charge is 0.491 e. The number of aliphatic hydroxyl groups excluding tert-OH is 2. The highest BCUT2D eigenvalue weighted by molar-refractivity contribution is 5.86. The summed E-state index contributed by atoms with van der Waals surface area (Å²) in [5.41, 5.74) is 10.3. The molecule has 0 unspecified atom stereocenters. The van der Waals surface area contributed by atoms with E-state index in [1.165, 1.54) is 22.3 Å². The molecule has 0 saturated carbocycles. The molecule has 228 valence electrons. The van der Waals surface area contributed by atoms with Crippen LogP contribution in [0.2, 0.25) is 0 Å². The Labute approximate surface area is 270 Å². The van der Waals surface area contributed by atoms with Gasteiger partial charge in [-0.05, 0) is 63.1 Å². The first-order valence-corrected chi connectivity index (χ1v) is 15.8. The van der Waals surface area contributed by atoms with E-state index in [2.05, 4.69) is 121 Å². The van der Waals surface area contributed by atoms with Gasteiger partial charge in [-0.25, -0.2) is 0 Å². The first kappa shape index (κ1) is 29.5. The Morgan fingerprint density at radius 2 is 0.826 bits per heavy atom. The second-order valence-corrected chi connectivity index (χ2v) is 11.5. The minimum Gasteiger partial charge on any atom is -0.491 e. The van der Waals surface area contributed by atoms with E-state index >= 15 is 0 Å². The Hall–Kier alpha value is -5.16. The van der Waals surface area contributed by atoms with Crippen molar-refractivity contribution in [3.05, 3.63) is 179 Å². The number of aliphatic hydroxyl groups is 2. The Kier molecular flexibility index (Phi) is 8.39. The van der Waals surface area contributed by atoms with E-state index in [0.29, 0.717) is 11.5 Å². The third kappa shape index (κ3) is 5.06.